The van der Waals surface area contributed by atoms with Crippen LogP contribution in [0.25, 0.3) is 0 Å². The highest BCUT2D eigenvalue weighted by Gasteiger charge is 2.47. The summed E-state index contributed by atoms with van der Waals surface area (Å²) in [6.07, 6.45) is 2.87. The molecule has 2 heterocycles. The van der Waals surface area contributed by atoms with Gasteiger partial charge in [-0.1, -0.05) is 6.92 Å². The van der Waals surface area contributed by atoms with E-state index < -0.39 is 28.1 Å². The van der Waals surface area contributed by atoms with E-state index in [0.29, 0.717) is 19.3 Å². The summed E-state index contributed by atoms with van der Waals surface area (Å²) in [7, 11) is 0. The summed E-state index contributed by atoms with van der Waals surface area (Å²) in [6.45, 7) is 17.5. The molecule has 2 aliphatic heterocycles. The Kier molecular flexibility index (Phi) is 7.39. The Bertz CT molecular complexity index is 649. The van der Waals surface area contributed by atoms with E-state index in [4.69, 9.17) is 4.74 Å². The summed E-state index contributed by atoms with van der Waals surface area (Å²) in [6, 6.07) is 0. The van der Waals surface area contributed by atoms with E-state index >= 15 is 0 Å². The Labute approximate surface area is 188 Å². The largest absolute Gasteiger partial charge is 0.462 e. The standard InChI is InChI=1S/C24H44N2O5/c1-16(20(28)31-19-14-23(6,7)26(30)24(8,9)15-19)10-18(27)11-17-12-21(2,3)25(29)22(4,5)13-17/h16-17,19,29-30H,10-15H2,1-9H3. The number of ketones is 1. The van der Waals surface area contributed by atoms with Crippen LogP contribution < -0.4 is 0 Å². The number of rotatable bonds is 6. The molecule has 0 saturated carbocycles. The quantitative estimate of drug-likeness (QED) is 0.584. The van der Waals surface area contributed by atoms with Gasteiger partial charge in [-0.3, -0.25) is 9.59 Å². The molecule has 0 spiro atoms. The molecule has 0 aromatic carbocycles. The Morgan fingerprint density at radius 2 is 1.23 bits per heavy atom. The van der Waals surface area contributed by atoms with Crippen LogP contribution in [0.3, 0.4) is 0 Å². The Morgan fingerprint density at radius 1 is 0.839 bits per heavy atom. The van der Waals surface area contributed by atoms with Gasteiger partial charge in [-0.2, -0.15) is 10.1 Å². The zero-order valence-corrected chi connectivity index (χ0v) is 21.0. The number of carbonyl (C=O) groups is 2. The molecule has 7 nitrogen and oxygen atoms in total. The SMILES string of the molecule is CC(CC(=O)CC1CC(C)(C)N(O)C(C)(C)C1)C(=O)OC1CC(C)(C)N(O)C(C)(C)C1. The maximum Gasteiger partial charge on any atom is 0.309 e. The first-order valence-corrected chi connectivity index (χ1v) is 11.6. The van der Waals surface area contributed by atoms with E-state index in [9.17, 15) is 20.0 Å². The second kappa shape index (κ2) is 8.73. The number of hydrogen-bond acceptors (Lipinski definition) is 7. The molecule has 31 heavy (non-hydrogen) atoms. The van der Waals surface area contributed by atoms with Crippen LogP contribution in [0.15, 0.2) is 0 Å². The van der Waals surface area contributed by atoms with Gasteiger partial charge in [-0.15, -0.1) is 0 Å². The number of carbonyl (C=O) groups excluding carboxylic acids is 2. The second-order valence-corrected chi connectivity index (χ2v) is 12.5. The average molecular weight is 441 g/mol. The Morgan fingerprint density at radius 3 is 1.65 bits per heavy atom. The minimum absolute atomic E-state index is 0.0678. The van der Waals surface area contributed by atoms with E-state index in [0.717, 1.165) is 12.8 Å². The number of nitrogens with zero attached hydrogens (tertiary/aromatic N) is 2. The van der Waals surface area contributed by atoms with Crippen molar-refractivity contribution in [3.8, 4) is 0 Å². The number of piperidine rings is 2. The van der Waals surface area contributed by atoms with E-state index in [2.05, 4.69) is 0 Å². The first-order chi connectivity index (χ1) is 13.9. The van der Waals surface area contributed by atoms with Crippen LogP contribution in [0.2, 0.25) is 0 Å². The zero-order chi connectivity index (χ0) is 24.0. The lowest BCUT2D eigenvalue weighted by Crippen LogP contribution is -2.60. The number of Topliss-reactive ketones (excluding diaryl/α,β-unsaturated/α-hetero) is 1. The van der Waals surface area contributed by atoms with Crippen LogP contribution in [0.5, 0.6) is 0 Å². The molecule has 2 N–H and O–H groups in total. The molecule has 0 aromatic heterocycles. The van der Waals surface area contributed by atoms with Gasteiger partial charge in [0.2, 0.25) is 0 Å². The summed E-state index contributed by atoms with van der Waals surface area (Å²) >= 11 is 0. The van der Waals surface area contributed by atoms with Crippen molar-refractivity contribution in [2.75, 3.05) is 0 Å². The van der Waals surface area contributed by atoms with Gasteiger partial charge in [0.25, 0.3) is 0 Å². The number of hydrogen-bond donors (Lipinski definition) is 2. The van der Waals surface area contributed by atoms with Gasteiger partial charge in [0.1, 0.15) is 11.9 Å². The third-order valence-electron chi connectivity index (χ3n) is 7.06. The summed E-state index contributed by atoms with van der Waals surface area (Å²) in [5.41, 5.74) is -1.77. The number of esters is 1. The van der Waals surface area contributed by atoms with Crippen LogP contribution in [-0.2, 0) is 14.3 Å². The predicted octanol–water partition coefficient (Wildman–Crippen LogP) is 4.58. The second-order valence-electron chi connectivity index (χ2n) is 12.5. The van der Waals surface area contributed by atoms with Gasteiger partial charge in [-0.05, 0) is 74.1 Å². The molecule has 1 atom stereocenters. The van der Waals surface area contributed by atoms with Gasteiger partial charge in [0.05, 0.1) is 5.92 Å². The molecule has 1 unspecified atom stereocenters. The van der Waals surface area contributed by atoms with Crippen LogP contribution in [-0.4, -0.2) is 60.6 Å². The smallest absolute Gasteiger partial charge is 0.309 e. The molecule has 2 saturated heterocycles. The molecule has 180 valence electrons. The zero-order valence-electron chi connectivity index (χ0n) is 21.0. The highest BCUT2D eigenvalue weighted by Crippen LogP contribution is 2.42. The van der Waals surface area contributed by atoms with Crippen LogP contribution in [0.4, 0.5) is 0 Å². The molecular weight excluding hydrogens is 396 g/mol. The minimum Gasteiger partial charge on any atom is -0.462 e. The average Bonchev–Trinajstić information content (AvgIpc) is 2.56. The van der Waals surface area contributed by atoms with Crippen molar-refractivity contribution in [2.24, 2.45) is 11.8 Å². The van der Waals surface area contributed by atoms with Crippen molar-refractivity contribution in [3.63, 3.8) is 0 Å². The Balaban J connectivity index is 1.91. The van der Waals surface area contributed by atoms with E-state index in [-0.39, 0.29) is 30.2 Å². The summed E-state index contributed by atoms with van der Waals surface area (Å²) in [5.74, 6) is -0.593. The normalized spacial score (nSPS) is 27.6. The first kappa shape index (κ1) is 26.2. The molecule has 2 aliphatic rings. The lowest BCUT2D eigenvalue weighted by molar-refractivity contribution is -0.260. The number of hydroxylamine groups is 4. The van der Waals surface area contributed by atoms with E-state index in [1.54, 1.807) is 6.92 Å². The molecule has 2 fully saturated rings. The van der Waals surface area contributed by atoms with Gasteiger partial charge >= 0.3 is 5.97 Å². The van der Waals surface area contributed by atoms with Crippen LogP contribution in [0, 0.1) is 11.8 Å². The van der Waals surface area contributed by atoms with Crippen molar-refractivity contribution in [1.82, 2.24) is 10.1 Å². The predicted molar refractivity (Wildman–Crippen MR) is 119 cm³/mol. The maximum atomic E-state index is 12.7. The summed E-state index contributed by atoms with van der Waals surface area (Å²) in [5, 5.41) is 23.6. The molecule has 0 radical (unpaired) electrons. The van der Waals surface area contributed by atoms with Crippen molar-refractivity contribution < 1.29 is 24.7 Å². The van der Waals surface area contributed by atoms with Crippen molar-refractivity contribution in [1.29, 1.82) is 0 Å². The highest BCUT2D eigenvalue weighted by molar-refractivity contribution is 5.84. The number of ether oxygens (including phenoxy) is 1. The molecule has 0 aromatic rings. The third-order valence-corrected chi connectivity index (χ3v) is 7.06. The van der Waals surface area contributed by atoms with Gasteiger partial charge in [0, 0.05) is 47.8 Å². The van der Waals surface area contributed by atoms with Crippen molar-refractivity contribution in [3.05, 3.63) is 0 Å². The minimum atomic E-state index is -0.496. The summed E-state index contributed by atoms with van der Waals surface area (Å²) < 4.78 is 5.78. The van der Waals surface area contributed by atoms with Crippen LogP contribution in [0.1, 0.15) is 101 Å². The molecular formula is C24H44N2O5. The fourth-order valence-corrected chi connectivity index (χ4v) is 5.99. The lowest BCUT2D eigenvalue weighted by Gasteiger charge is -2.51. The van der Waals surface area contributed by atoms with Crippen LogP contribution >= 0.6 is 0 Å². The van der Waals surface area contributed by atoms with Gasteiger partial charge in [-0.25, -0.2) is 0 Å². The van der Waals surface area contributed by atoms with Crippen molar-refractivity contribution in [2.45, 2.75) is 129 Å². The molecule has 0 aliphatic carbocycles. The molecule has 0 amide bonds. The third kappa shape index (κ3) is 6.06. The molecule has 0 bridgehead atoms. The summed E-state index contributed by atoms with van der Waals surface area (Å²) in [4.78, 5) is 25.4. The Hall–Kier alpha value is -1.02. The first-order valence-electron chi connectivity index (χ1n) is 11.6. The lowest BCUT2D eigenvalue weighted by atomic mass is 9.73. The fraction of sp³-hybridized carbons (Fsp3) is 0.917. The highest BCUT2D eigenvalue weighted by atomic mass is 16.5. The van der Waals surface area contributed by atoms with E-state index in [1.807, 2.05) is 55.4 Å². The van der Waals surface area contributed by atoms with E-state index in [1.165, 1.54) is 10.1 Å². The molecule has 2 rings (SSSR count). The monoisotopic (exact) mass is 440 g/mol. The van der Waals surface area contributed by atoms with Gasteiger partial charge in [0.15, 0.2) is 0 Å². The maximum absolute atomic E-state index is 12.7. The van der Waals surface area contributed by atoms with Crippen molar-refractivity contribution >= 4 is 11.8 Å². The topological polar surface area (TPSA) is 90.3 Å². The molecule has 7 heteroatoms. The fourth-order valence-electron chi connectivity index (χ4n) is 5.99. The van der Waals surface area contributed by atoms with Gasteiger partial charge < -0.3 is 15.2 Å².